The monoisotopic (exact) mass is 803 g/mol. The maximum absolute atomic E-state index is 7.83. The van der Waals surface area contributed by atoms with Gasteiger partial charge in [-0.3, -0.25) is 4.98 Å². The number of aromatic nitrogens is 2. The molecule has 0 radical (unpaired) electrons. The topological polar surface area (TPSA) is 31.4 Å². The largest absolute Gasteiger partial charge is 0.457 e. The van der Waals surface area contributed by atoms with Crippen molar-refractivity contribution in [3.05, 3.63) is 258 Å². The van der Waals surface area contributed by atoms with Crippen molar-refractivity contribution >= 4 is 38.4 Å². The molecule has 3 heterocycles. The van der Waals surface area contributed by atoms with Crippen molar-refractivity contribution in [2.24, 2.45) is 0 Å². The second-order valence-electron chi connectivity index (χ2n) is 16.2. The number of hydrogen-bond donors (Lipinski definition) is 0. The molecule has 0 aliphatic carbocycles. The normalized spacial score (nSPS) is 12.7. The zero-order valence-corrected chi connectivity index (χ0v) is 34.1. The van der Waals surface area contributed by atoms with E-state index >= 15 is 0 Å². The smallest absolute Gasteiger partial charge is 0.188 e. The lowest BCUT2D eigenvalue weighted by Gasteiger charge is -2.42. The highest BCUT2D eigenvalue weighted by atomic mass is 16.5. The molecule has 0 saturated heterocycles. The molecule has 294 valence electrons. The molecule has 0 spiro atoms. The van der Waals surface area contributed by atoms with Crippen LogP contribution in [0.5, 0.6) is 11.5 Å². The number of rotatable bonds is 6. The summed E-state index contributed by atoms with van der Waals surface area (Å²) in [7, 11) is 0. The van der Waals surface area contributed by atoms with Crippen molar-refractivity contribution < 1.29 is 4.74 Å². The van der Waals surface area contributed by atoms with Gasteiger partial charge in [-0.25, -0.2) is 4.85 Å². The lowest BCUT2D eigenvalue weighted by molar-refractivity contribution is 0.435. The van der Waals surface area contributed by atoms with Crippen LogP contribution in [-0.2, 0) is 5.41 Å². The molecule has 4 nitrogen and oxygen atoms in total. The van der Waals surface area contributed by atoms with E-state index in [9.17, 15) is 0 Å². The zero-order chi connectivity index (χ0) is 41.9. The molecule has 0 unspecified atom stereocenters. The first kappa shape index (κ1) is 36.3. The summed E-state index contributed by atoms with van der Waals surface area (Å²) in [5.41, 5.74) is 15.1. The first-order valence-electron chi connectivity index (χ1n) is 21.2. The van der Waals surface area contributed by atoms with Gasteiger partial charge in [0.15, 0.2) is 5.69 Å². The van der Waals surface area contributed by atoms with Gasteiger partial charge in [0.25, 0.3) is 0 Å². The summed E-state index contributed by atoms with van der Waals surface area (Å²) < 4.78 is 9.25. The van der Waals surface area contributed by atoms with Crippen molar-refractivity contribution in [2.75, 3.05) is 0 Å². The van der Waals surface area contributed by atoms with E-state index in [1.54, 1.807) is 0 Å². The number of fused-ring (bicyclic) bond motifs is 6. The molecule has 2 aromatic heterocycles. The van der Waals surface area contributed by atoms with Gasteiger partial charge >= 0.3 is 0 Å². The fraction of sp³-hybridized carbons (Fsp3) is 0.0169. The molecule has 0 amide bonds. The number of nitrogens with zero attached hydrogens (tertiary/aromatic N) is 3. The number of para-hydroxylation sites is 2. The maximum Gasteiger partial charge on any atom is 0.188 e. The van der Waals surface area contributed by atoms with Crippen LogP contribution in [0.25, 0.3) is 76.6 Å². The fourth-order valence-corrected chi connectivity index (χ4v) is 9.83. The van der Waals surface area contributed by atoms with Crippen molar-refractivity contribution in [2.45, 2.75) is 5.41 Å². The van der Waals surface area contributed by atoms with Crippen LogP contribution in [0.1, 0.15) is 22.3 Å². The SMILES string of the molecule is [C-]#[N+]c1ccc2c(c1)c1cc(-c3ccc4c(c3)C(c3ccccc3)(c3ccccc3)c3cc(-c5cccc(-c6cnc7ccccc7c6)c5)ccc3O4)ccc1n2-c1ccccc1. The third-order valence-electron chi connectivity index (χ3n) is 12.7. The highest BCUT2D eigenvalue weighted by Gasteiger charge is 2.45. The molecule has 0 fully saturated rings. The highest BCUT2D eigenvalue weighted by Crippen LogP contribution is 2.56. The first-order chi connectivity index (χ1) is 31.2. The van der Waals surface area contributed by atoms with Crippen LogP contribution in [0.4, 0.5) is 5.69 Å². The van der Waals surface area contributed by atoms with Crippen LogP contribution in [0, 0.1) is 6.57 Å². The lowest BCUT2D eigenvalue weighted by atomic mass is 9.63. The summed E-state index contributed by atoms with van der Waals surface area (Å²) in [6.45, 7) is 7.83. The average Bonchev–Trinajstić information content (AvgIpc) is 3.69. The highest BCUT2D eigenvalue weighted by molar-refractivity contribution is 6.11. The Morgan fingerprint density at radius 3 is 1.65 bits per heavy atom. The Bertz CT molecular complexity index is 3560. The van der Waals surface area contributed by atoms with Crippen molar-refractivity contribution in [3.8, 4) is 50.6 Å². The molecular formula is C59H37N3O. The molecule has 0 bridgehead atoms. The molecule has 12 rings (SSSR count). The second-order valence-corrected chi connectivity index (χ2v) is 16.2. The van der Waals surface area contributed by atoms with Crippen molar-refractivity contribution in [1.29, 1.82) is 0 Å². The minimum atomic E-state index is -0.727. The molecule has 11 aromatic rings. The summed E-state index contributed by atoms with van der Waals surface area (Å²) in [4.78, 5) is 8.58. The maximum atomic E-state index is 7.83. The van der Waals surface area contributed by atoms with E-state index in [2.05, 4.69) is 204 Å². The summed E-state index contributed by atoms with van der Waals surface area (Å²) in [6, 6.07) is 77.4. The van der Waals surface area contributed by atoms with E-state index in [-0.39, 0.29) is 0 Å². The van der Waals surface area contributed by atoms with Gasteiger partial charge in [-0.05, 0) is 123 Å². The molecule has 4 heteroatoms. The molecule has 63 heavy (non-hydrogen) atoms. The Hall–Kier alpha value is -8.52. The van der Waals surface area contributed by atoms with E-state index in [4.69, 9.17) is 16.3 Å². The molecule has 1 aliphatic heterocycles. The quantitative estimate of drug-likeness (QED) is 0.157. The van der Waals surface area contributed by atoms with Crippen LogP contribution < -0.4 is 4.74 Å². The van der Waals surface area contributed by atoms with Gasteiger partial charge in [0.2, 0.25) is 0 Å². The van der Waals surface area contributed by atoms with Crippen LogP contribution in [0.2, 0.25) is 0 Å². The van der Waals surface area contributed by atoms with Crippen LogP contribution in [0.15, 0.2) is 225 Å². The van der Waals surface area contributed by atoms with Crippen LogP contribution >= 0.6 is 0 Å². The van der Waals surface area contributed by atoms with E-state index < -0.39 is 5.41 Å². The number of ether oxygens (including phenoxy) is 1. The first-order valence-corrected chi connectivity index (χ1v) is 21.2. The van der Waals surface area contributed by atoms with E-state index in [1.165, 1.54) is 0 Å². The average molecular weight is 804 g/mol. The third kappa shape index (κ3) is 5.86. The Balaban J connectivity index is 1.06. The Labute approximate surface area is 365 Å². The van der Waals surface area contributed by atoms with Crippen LogP contribution in [0.3, 0.4) is 0 Å². The number of benzene rings is 9. The molecular weight excluding hydrogens is 767 g/mol. The summed E-state index contributed by atoms with van der Waals surface area (Å²) in [5, 5.41) is 3.27. The molecule has 1 aliphatic rings. The Morgan fingerprint density at radius 1 is 0.444 bits per heavy atom. The van der Waals surface area contributed by atoms with E-state index in [0.29, 0.717) is 5.69 Å². The summed E-state index contributed by atoms with van der Waals surface area (Å²) in [5.74, 6) is 1.65. The third-order valence-corrected chi connectivity index (χ3v) is 12.7. The standard InChI is InChI=1S/C59H37N3O/c1-60-48-27-29-56-51(37-48)50-34-41(24-28-55(50)62(56)49-21-9-4-10-22-49)43-26-31-58-53(36-43)59(46-17-5-2-6-18-46,47-19-7-3-8-20-47)52-35-42(25-30-57(52)63-58)39-15-13-16-40(32-39)45-33-44-14-11-12-23-54(44)61-38-45/h2-38H. The van der Waals surface area contributed by atoms with Crippen molar-refractivity contribution in [3.63, 3.8) is 0 Å². The Kier molecular flexibility index (Phi) is 8.42. The van der Waals surface area contributed by atoms with Gasteiger partial charge in [-0.2, -0.15) is 0 Å². The van der Waals surface area contributed by atoms with Gasteiger partial charge in [-0.15, -0.1) is 0 Å². The summed E-state index contributed by atoms with van der Waals surface area (Å²) >= 11 is 0. The van der Waals surface area contributed by atoms with Gasteiger partial charge in [0.05, 0.1) is 28.5 Å². The predicted octanol–water partition coefficient (Wildman–Crippen LogP) is 15.4. The van der Waals surface area contributed by atoms with Crippen LogP contribution in [-0.4, -0.2) is 9.55 Å². The lowest BCUT2D eigenvalue weighted by Crippen LogP contribution is -2.34. The predicted molar refractivity (Wildman–Crippen MR) is 257 cm³/mol. The molecule has 0 saturated carbocycles. The minimum absolute atomic E-state index is 0.622. The second kappa shape index (κ2) is 14.6. The Morgan fingerprint density at radius 2 is 0.984 bits per heavy atom. The number of pyridine rings is 1. The van der Waals surface area contributed by atoms with Gasteiger partial charge in [0.1, 0.15) is 11.5 Å². The zero-order valence-electron chi connectivity index (χ0n) is 34.1. The number of hydrogen-bond acceptors (Lipinski definition) is 2. The minimum Gasteiger partial charge on any atom is -0.457 e. The van der Waals surface area contributed by atoms with E-state index in [1.807, 2.05) is 30.5 Å². The van der Waals surface area contributed by atoms with Gasteiger partial charge in [0, 0.05) is 39.3 Å². The molecule has 0 N–H and O–H groups in total. The van der Waals surface area contributed by atoms with Crippen molar-refractivity contribution in [1.82, 2.24) is 9.55 Å². The van der Waals surface area contributed by atoms with Gasteiger partial charge in [-0.1, -0.05) is 140 Å². The van der Waals surface area contributed by atoms with Gasteiger partial charge < -0.3 is 9.30 Å². The summed E-state index contributed by atoms with van der Waals surface area (Å²) in [6.07, 6.45) is 1.97. The molecule has 9 aromatic carbocycles. The fourth-order valence-electron chi connectivity index (χ4n) is 9.83. The van der Waals surface area contributed by atoms with E-state index in [0.717, 1.165) is 106 Å². The molecule has 0 atom stereocenters.